The maximum atomic E-state index is 12.8. The Labute approximate surface area is 177 Å². The Morgan fingerprint density at radius 3 is 2.90 bits per heavy atom. The molecule has 2 aromatic carbocycles. The summed E-state index contributed by atoms with van der Waals surface area (Å²) in [6.07, 6.45) is -1.04. The van der Waals surface area contributed by atoms with E-state index in [1.165, 1.54) is 4.70 Å². The highest BCUT2D eigenvalue weighted by Gasteiger charge is 2.29. The average molecular weight is 426 g/mol. The highest BCUT2D eigenvalue weighted by molar-refractivity contribution is 7.17. The molecule has 0 bridgehead atoms. The minimum absolute atomic E-state index is 0.0791. The van der Waals surface area contributed by atoms with Gasteiger partial charge in [-0.15, -0.1) is 11.3 Å². The third-order valence-corrected chi connectivity index (χ3v) is 6.52. The number of phenolic OH excluding ortho intramolecular Hbond substituents is 1. The number of nitrogens with zero attached hydrogens (tertiary/aromatic N) is 2. The standard InChI is InChI=1S/C22H22N2O5S/c25-18-10-14(17-13-30-19-4-2-1-3-16(17)19)9-15-11-23(5-7-28-21(15)18)20(26)12-24-6-8-29-22(24)27/h1-4,9-10,13,22,25,27H,5-8,11-12H2/t22-/m1/s1. The summed E-state index contributed by atoms with van der Waals surface area (Å²) in [5.41, 5.74) is 2.71. The molecule has 5 rings (SSSR count). The molecule has 1 amide bonds. The molecular weight excluding hydrogens is 404 g/mol. The number of carbonyl (C=O) groups excluding carboxylic acids is 1. The zero-order valence-corrected chi connectivity index (χ0v) is 17.1. The Morgan fingerprint density at radius 1 is 1.20 bits per heavy atom. The van der Waals surface area contributed by atoms with Crippen LogP contribution in [0.25, 0.3) is 21.2 Å². The molecule has 0 saturated carbocycles. The van der Waals surface area contributed by atoms with E-state index in [2.05, 4.69) is 17.5 Å². The van der Waals surface area contributed by atoms with Crippen LogP contribution < -0.4 is 4.74 Å². The van der Waals surface area contributed by atoms with Gasteiger partial charge >= 0.3 is 0 Å². The largest absolute Gasteiger partial charge is 0.504 e. The van der Waals surface area contributed by atoms with Crippen LogP contribution in [0.4, 0.5) is 0 Å². The van der Waals surface area contributed by atoms with Gasteiger partial charge in [0.05, 0.1) is 19.7 Å². The first-order valence-electron chi connectivity index (χ1n) is 9.87. The Hall–Kier alpha value is -2.65. The van der Waals surface area contributed by atoms with Crippen molar-refractivity contribution in [3.63, 3.8) is 0 Å². The van der Waals surface area contributed by atoms with E-state index in [4.69, 9.17) is 9.47 Å². The third-order valence-electron chi connectivity index (χ3n) is 5.56. The van der Waals surface area contributed by atoms with Gasteiger partial charge in [0.2, 0.25) is 12.3 Å². The minimum atomic E-state index is -1.04. The van der Waals surface area contributed by atoms with E-state index in [1.54, 1.807) is 27.2 Å². The van der Waals surface area contributed by atoms with Crippen molar-refractivity contribution in [2.24, 2.45) is 0 Å². The molecule has 1 fully saturated rings. The van der Waals surface area contributed by atoms with Crippen molar-refractivity contribution in [3.05, 3.63) is 47.3 Å². The summed E-state index contributed by atoms with van der Waals surface area (Å²) in [7, 11) is 0. The maximum Gasteiger partial charge on any atom is 0.237 e. The van der Waals surface area contributed by atoms with Crippen LogP contribution in [0.2, 0.25) is 0 Å². The van der Waals surface area contributed by atoms with Gasteiger partial charge in [-0.1, -0.05) is 18.2 Å². The molecule has 3 heterocycles. The Bertz CT molecular complexity index is 1100. The van der Waals surface area contributed by atoms with Gasteiger partial charge in [0.15, 0.2) is 11.5 Å². The highest BCUT2D eigenvalue weighted by Crippen LogP contribution is 2.41. The van der Waals surface area contributed by atoms with Gasteiger partial charge in [-0.25, -0.2) is 4.90 Å². The monoisotopic (exact) mass is 426 g/mol. The van der Waals surface area contributed by atoms with E-state index >= 15 is 0 Å². The van der Waals surface area contributed by atoms with E-state index in [9.17, 15) is 15.0 Å². The number of aliphatic hydroxyl groups excluding tert-OH is 1. The van der Waals surface area contributed by atoms with Crippen LogP contribution in [-0.2, 0) is 16.1 Å². The summed E-state index contributed by atoms with van der Waals surface area (Å²) in [4.78, 5) is 16.1. The lowest BCUT2D eigenvalue weighted by Crippen LogP contribution is -2.42. The number of carbonyl (C=O) groups is 1. The summed E-state index contributed by atoms with van der Waals surface area (Å²) >= 11 is 1.66. The fourth-order valence-corrected chi connectivity index (χ4v) is 4.96. The molecule has 2 N–H and O–H groups in total. The molecule has 1 saturated heterocycles. The van der Waals surface area contributed by atoms with Gasteiger partial charge in [0.1, 0.15) is 6.61 Å². The second kappa shape index (κ2) is 7.88. The SMILES string of the molecule is O=C(CN1CCO[C@H]1O)N1CCOc2c(O)cc(-c3csc4ccccc34)cc2C1. The quantitative estimate of drug-likeness (QED) is 0.670. The number of hydrogen-bond donors (Lipinski definition) is 2. The van der Waals surface area contributed by atoms with Gasteiger partial charge in [0, 0.05) is 34.3 Å². The topological polar surface area (TPSA) is 82.5 Å². The zero-order valence-electron chi connectivity index (χ0n) is 16.3. The van der Waals surface area contributed by atoms with E-state index in [-0.39, 0.29) is 18.2 Å². The molecule has 8 heteroatoms. The normalized spacial score (nSPS) is 19.5. The van der Waals surface area contributed by atoms with Crippen LogP contribution in [0.3, 0.4) is 0 Å². The first kappa shape index (κ1) is 19.3. The summed E-state index contributed by atoms with van der Waals surface area (Å²) in [6, 6.07) is 11.9. The number of hydrogen-bond acceptors (Lipinski definition) is 7. The van der Waals surface area contributed by atoms with Crippen molar-refractivity contribution in [2.75, 3.05) is 32.8 Å². The molecule has 2 aliphatic rings. The fourth-order valence-electron chi connectivity index (χ4n) is 3.99. The lowest BCUT2D eigenvalue weighted by Gasteiger charge is -2.24. The number of ether oxygens (including phenoxy) is 2. The highest BCUT2D eigenvalue weighted by atomic mass is 32.1. The molecule has 156 valence electrons. The van der Waals surface area contributed by atoms with Gasteiger partial charge in [0.25, 0.3) is 0 Å². The number of rotatable bonds is 3. The van der Waals surface area contributed by atoms with Crippen LogP contribution in [-0.4, -0.2) is 65.2 Å². The summed E-state index contributed by atoms with van der Waals surface area (Å²) in [5.74, 6) is 0.399. The average Bonchev–Trinajstić information content (AvgIpc) is 3.27. The Kier molecular flexibility index (Phi) is 5.08. The molecule has 1 aromatic heterocycles. The molecule has 0 spiro atoms. The first-order chi connectivity index (χ1) is 14.6. The van der Waals surface area contributed by atoms with E-state index in [0.29, 0.717) is 38.6 Å². The summed E-state index contributed by atoms with van der Waals surface area (Å²) in [6.45, 7) is 2.05. The van der Waals surface area contributed by atoms with Crippen molar-refractivity contribution in [1.82, 2.24) is 9.80 Å². The lowest BCUT2D eigenvalue weighted by atomic mass is 10.0. The Balaban J connectivity index is 1.44. The van der Waals surface area contributed by atoms with Gasteiger partial charge in [-0.2, -0.15) is 0 Å². The molecule has 0 unspecified atom stereocenters. The number of aliphatic hydroxyl groups is 1. The van der Waals surface area contributed by atoms with E-state index in [1.807, 2.05) is 18.2 Å². The van der Waals surface area contributed by atoms with E-state index in [0.717, 1.165) is 22.1 Å². The smallest absolute Gasteiger partial charge is 0.237 e. The van der Waals surface area contributed by atoms with Gasteiger partial charge in [-0.3, -0.25) is 4.79 Å². The molecule has 0 radical (unpaired) electrons. The number of benzene rings is 2. The predicted molar refractivity (Wildman–Crippen MR) is 113 cm³/mol. The van der Waals surface area contributed by atoms with Gasteiger partial charge in [-0.05, 0) is 29.1 Å². The molecule has 1 atom stereocenters. The molecule has 7 nitrogen and oxygen atoms in total. The summed E-state index contributed by atoms with van der Waals surface area (Å²) < 4.78 is 12.1. The van der Waals surface area contributed by atoms with Crippen LogP contribution in [0.15, 0.2) is 41.8 Å². The van der Waals surface area contributed by atoms with Crippen LogP contribution >= 0.6 is 11.3 Å². The van der Waals surface area contributed by atoms with E-state index < -0.39 is 6.41 Å². The lowest BCUT2D eigenvalue weighted by molar-refractivity contribution is -0.151. The molecular formula is C22H22N2O5S. The van der Waals surface area contributed by atoms with Gasteiger partial charge < -0.3 is 24.6 Å². The maximum absolute atomic E-state index is 12.8. The fraction of sp³-hybridized carbons (Fsp3) is 0.318. The van der Waals surface area contributed by atoms with Crippen molar-refractivity contribution in [2.45, 2.75) is 13.0 Å². The summed E-state index contributed by atoms with van der Waals surface area (Å²) in [5, 5.41) is 23.6. The molecule has 2 aliphatic heterocycles. The number of phenols is 1. The molecule has 0 aliphatic carbocycles. The third kappa shape index (κ3) is 3.52. The van der Waals surface area contributed by atoms with Crippen LogP contribution in [0.1, 0.15) is 5.56 Å². The second-order valence-electron chi connectivity index (χ2n) is 7.46. The van der Waals surface area contributed by atoms with Crippen molar-refractivity contribution in [1.29, 1.82) is 0 Å². The second-order valence-corrected chi connectivity index (χ2v) is 8.37. The Morgan fingerprint density at radius 2 is 2.07 bits per heavy atom. The van der Waals surface area contributed by atoms with Crippen LogP contribution in [0.5, 0.6) is 11.5 Å². The molecule has 3 aromatic rings. The minimum Gasteiger partial charge on any atom is -0.504 e. The number of amides is 1. The predicted octanol–water partition coefficient (Wildman–Crippen LogP) is 2.60. The van der Waals surface area contributed by atoms with Crippen molar-refractivity contribution in [3.8, 4) is 22.6 Å². The number of aromatic hydroxyl groups is 1. The first-order valence-corrected chi connectivity index (χ1v) is 10.7. The molecule has 30 heavy (non-hydrogen) atoms. The van der Waals surface area contributed by atoms with Crippen molar-refractivity contribution >= 4 is 27.3 Å². The number of thiophene rings is 1. The van der Waals surface area contributed by atoms with Crippen LogP contribution in [0, 0.1) is 0 Å². The van der Waals surface area contributed by atoms with Crippen molar-refractivity contribution < 1.29 is 24.5 Å². The zero-order chi connectivity index (χ0) is 20.7. The number of fused-ring (bicyclic) bond motifs is 2.